The zero-order chi connectivity index (χ0) is 17.4. The lowest BCUT2D eigenvalue weighted by Gasteiger charge is -2.39. The van der Waals surface area contributed by atoms with Crippen molar-refractivity contribution in [2.75, 3.05) is 19.6 Å². The number of rotatable bonds is 2. The molecule has 3 rings (SSSR count). The highest BCUT2D eigenvalue weighted by molar-refractivity contribution is 5.74. The van der Waals surface area contributed by atoms with E-state index >= 15 is 0 Å². The zero-order valence-electron chi connectivity index (χ0n) is 13.3. The van der Waals surface area contributed by atoms with E-state index in [-0.39, 0.29) is 25.0 Å². The first-order chi connectivity index (χ1) is 11.3. The van der Waals surface area contributed by atoms with Gasteiger partial charge in [0.15, 0.2) is 5.60 Å². The van der Waals surface area contributed by atoms with Crippen molar-refractivity contribution in [2.24, 2.45) is 0 Å². The lowest BCUT2D eigenvalue weighted by molar-refractivity contribution is -0.271. The van der Waals surface area contributed by atoms with Gasteiger partial charge < -0.3 is 15.3 Å². The number of aryl methyl sites for hydroxylation is 1. The van der Waals surface area contributed by atoms with Crippen molar-refractivity contribution in [1.82, 2.24) is 10.2 Å². The Bertz CT molecular complexity index is 610. The van der Waals surface area contributed by atoms with Crippen LogP contribution >= 0.6 is 0 Å². The Hall–Kier alpha value is -1.76. The molecule has 1 saturated heterocycles. The summed E-state index contributed by atoms with van der Waals surface area (Å²) in [6, 6.07) is 7.75. The van der Waals surface area contributed by atoms with Gasteiger partial charge in [0.2, 0.25) is 0 Å². The third kappa shape index (κ3) is 3.22. The van der Waals surface area contributed by atoms with Crippen molar-refractivity contribution in [1.29, 1.82) is 0 Å². The van der Waals surface area contributed by atoms with Crippen LogP contribution in [0.1, 0.15) is 36.3 Å². The molecule has 2 amide bonds. The molecule has 1 atom stereocenters. The van der Waals surface area contributed by atoms with Gasteiger partial charge in [0.1, 0.15) is 0 Å². The predicted molar refractivity (Wildman–Crippen MR) is 82.7 cm³/mol. The van der Waals surface area contributed by atoms with Crippen LogP contribution in [0.25, 0.3) is 0 Å². The normalized spacial score (nSPS) is 23.0. The molecular weight excluding hydrogens is 321 g/mol. The molecule has 1 aromatic carbocycles. The van der Waals surface area contributed by atoms with Gasteiger partial charge in [-0.15, -0.1) is 0 Å². The lowest BCUT2D eigenvalue weighted by atomic mass is 9.91. The summed E-state index contributed by atoms with van der Waals surface area (Å²) in [5.41, 5.74) is -0.137. The number of urea groups is 1. The number of carbonyl (C=O) groups excluding carboxylic acids is 1. The Morgan fingerprint density at radius 1 is 1.29 bits per heavy atom. The highest BCUT2D eigenvalue weighted by Crippen LogP contribution is 2.38. The van der Waals surface area contributed by atoms with Gasteiger partial charge in [-0.25, -0.2) is 4.79 Å². The number of alkyl halides is 3. The Kier molecular flexibility index (Phi) is 4.46. The van der Waals surface area contributed by atoms with E-state index < -0.39 is 24.6 Å². The van der Waals surface area contributed by atoms with Crippen molar-refractivity contribution < 1.29 is 23.1 Å². The fourth-order valence-electron chi connectivity index (χ4n) is 3.54. The van der Waals surface area contributed by atoms with E-state index in [0.717, 1.165) is 12.8 Å². The van der Waals surface area contributed by atoms with Gasteiger partial charge in [0.25, 0.3) is 0 Å². The summed E-state index contributed by atoms with van der Waals surface area (Å²) in [5.74, 6) is 0.252. The topological polar surface area (TPSA) is 52.6 Å². The van der Waals surface area contributed by atoms with Crippen molar-refractivity contribution in [2.45, 2.75) is 43.4 Å². The third-order valence-corrected chi connectivity index (χ3v) is 5.16. The molecule has 1 aromatic rings. The van der Waals surface area contributed by atoms with Crippen LogP contribution in [0.4, 0.5) is 18.0 Å². The molecular formula is C17H21F3N2O2. The highest BCUT2D eigenvalue weighted by atomic mass is 19.4. The summed E-state index contributed by atoms with van der Waals surface area (Å²) >= 11 is 0. The number of nitrogens with one attached hydrogen (secondary N) is 1. The monoisotopic (exact) mass is 342 g/mol. The fraction of sp³-hybridized carbons (Fsp3) is 0.588. The van der Waals surface area contributed by atoms with Gasteiger partial charge in [-0.2, -0.15) is 13.2 Å². The van der Waals surface area contributed by atoms with Gasteiger partial charge >= 0.3 is 12.2 Å². The molecule has 0 radical (unpaired) electrons. The molecule has 0 bridgehead atoms. The Morgan fingerprint density at radius 3 is 2.62 bits per heavy atom. The van der Waals surface area contributed by atoms with Crippen molar-refractivity contribution in [3.63, 3.8) is 0 Å². The number of fused-ring (bicyclic) bond motifs is 1. The first-order valence-corrected chi connectivity index (χ1v) is 8.20. The molecule has 1 aliphatic carbocycles. The second-order valence-corrected chi connectivity index (χ2v) is 6.64. The summed E-state index contributed by atoms with van der Waals surface area (Å²) in [7, 11) is 0. The van der Waals surface area contributed by atoms with Crippen molar-refractivity contribution in [3.8, 4) is 0 Å². The molecule has 24 heavy (non-hydrogen) atoms. The van der Waals surface area contributed by atoms with E-state index in [1.54, 1.807) is 0 Å². The molecule has 2 aliphatic rings. The van der Waals surface area contributed by atoms with Crippen molar-refractivity contribution in [3.05, 3.63) is 35.4 Å². The van der Waals surface area contributed by atoms with Crippen LogP contribution in [0.3, 0.4) is 0 Å². The molecule has 0 spiro atoms. The van der Waals surface area contributed by atoms with Crippen LogP contribution in [0, 0.1) is 0 Å². The average molecular weight is 342 g/mol. The zero-order valence-corrected chi connectivity index (χ0v) is 13.3. The minimum atomic E-state index is -4.65. The number of aliphatic hydroxyl groups is 1. The second kappa shape index (κ2) is 6.27. The largest absolute Gasteiger partial charge is 0.417 e. The fourth-order valence-corrected chi connectivity index (χ4v) is 3.54. The van der Waals surface area contributed by atoms with Crippen LogP contribution in [0.5, 0.6) is 0 Å². The highest BCUT2D eigenvalue weighted by Gasteiger charge is 2.54. The van der Waals surface area contributed by atoms with Gasteiger partial charge in [-0.05, 0) is 24.0 Å². The number of piperidine rings is 1. The lowest BCUT2D eigenvalue weighted by Crippen LogP contribution is -2.56. The van der Waals surface area contributed by atoms with E-state index in [9.17, 15) is 23.1 Å². The molecule has 0 saturated carbocycles. The first-order valence-electron chi connectivity index (χ1n) is 8.20. The van der Waals surface area contributed by atoms with Crippen LogP contribution in [-0.2, 0) is 6.42 Å². The number of hydrogen-bond acceptors (Lipinski definition) is 2. The van der Waals surface area contributed by atoms with E-state index in [1.807, 2.05) is 12.1 Å². The molecule has 2 N–H and O–H groups in total. The number of hydrogen-bond donors (Lipinski definition) is 2. The quantitative estimate of drug-likeness (QED) is 0.868. The minimum Gasteiger partial charge on any atom is -0.380 e. The summed E-state index contributed by atoms with van der Waals surface area (Å²) in [6.07, 6.45) is -3.65. The van der Waals surface area contributed by atoms with Gasteiger partial charge in [0.05, 0.1) is 0 Å². The first kappa shape index (κ1) is 17.1. The minimum absolute atomic E-state index is 0.0941. The Balaban J connectivity index is 1.51. The van der Waals surface area contributed by atoms with Crippen LogP contribution in [-0.4, -0.2) is 47.4 Å². The maximum absolute atomic E-state index is 12.8. The predicted octanol–water partition coefficient (Wildman–Crippen LogP) is 2.82. The number of halogens is 3. The van der Waals surface area contributed by atoms with E-state index in [4.69, 9.17) is 0 Å². The van der Waals surface area contributed by atoms with Crippen molar-refractivity contribution >= 4 is 6.03 Å². The molecule has 0 aromatic heterocycles. The number of likely N-dealkylation sites (tertiary alicyclic amines) is 1. The molecule has 1 fully saturated rings. The average Bonchev–Trinajstić information content (AvgIpc) is 2.95. The molecule has 1 heterocycles. The smallest absolute Gasteiger partial charge is 0.380 e. The molecule has 1 unspecified atom stereocenters. The third-order valence-electron chi connectivity index (χ3n) is 5.16. The van der Waals surface area contributed by atoms with Crippen LogP contribution in [0.2, 0.25) is 0 Å². The number of carbonyl (C=O) groups is 1. The summed E-state index contributed by atoms with van der Waals surface area (Å²) in [5, 5.41) is 12.5. The van der Waals surface area contributed by atoms with E-state index in [1.165, 1.54) is 16.0 Å². The maximum atomic E-state index is 12.8. The Morgan fingerprint density at radius 2 is 1.96 bits per heavy atom. The van der Waals surface area contributed by atoms with Gasteiger partial charge in [-0.1, -0.05) is 24.3 Å². The summed E-state index contributed by atoms with van der Waals surface area (Å²) < 4.78 is 38.3. The Labute approximate surface area is 138 Å². The van der Waals surface area contributed by atoms with Gasteiger partial charge in [-0.3, -0.25) is 0 Å². The molecule has 1 aliphatic heterocycles. The second-order valence-electron chi connectivity index (χ2n) is 6.64. The SMILES string of the molecule is O=C(NCC1CCc2ccccc21)N1CCC(O)(C(F)(F)F)CC1. The molecule has 7 heteroatoms. The van der Waals surface area contributed by atoms with E-state index in [2.05, 4.69) is 17.4 Å². The number of nitrogens with zero attached hydrogens (tertiary/aromatic N) is 1. The standard InChI is InChI=1S/C17H21F3N2O2/c18-17(19,20)16(24)7-9-22(10-8-16)15(23)21-11-13-6-5-12-3-1-2-4-14(12)13/h1-4,13,24H,5-11H2,(H,21,23). The number of amides is 2. The molecule has 4 nitrogen and oxygen atoms in total. The molecule has 132 valence electrons. The van der Waals surface area contributed by atoms with E-state index in [0.29, 0.717) is 6.54 Å². The maximum Gasteiger partial charge on any atom is 0.417 e. The summed E-state index contributed by atoms with van der Waals surface area (Å²) in [4.78, 5) is 13.5. The summed E-state index contributed by atoms with van der Waals surface area (Å²) in [6.45, 7) is 0.294. The number of benzene rings is 1. The van der Waals surface area contributed by atoms with Crippen LogP contribution < -0.4 is 5.32 Å². The van der Waals surface area contributed by atoms with Crippen LogP contribution in [0.15, 0.2) is 24.3 Å². The van der Waals surface area contributed by atoms with Gasteiger partial charge in [0, 0.05) is 38.4 Å².